The molecular formula is C18H23N3O3. The summed E-state index contributed by atoms with van der Waals surface area (Å²) < 4.78 is 4.83. The molecular weight excluding hydrogens is 306 g/mol. The maximum absolute atomic E-state index is 12.2. The molecule has 1 aliphatic rings. The van der Waals surface area contributed by atoms with Gasteiger partial charge in [0.1, 0.15) is 0 Å². The van der Waals surface area contributed by atoms with Gasteiger partial charge in [-0.15, -0.1) is 0 Å². The molecule has 0 aliphatic carbocycles. The Morgan fingerprint density at radius 2 is 1.75 bits per heavy atom. The van der Waals surface area contributed by atoms with E-state index in [4.69, 9.17) is 4.74 Å². The first-order valence-corrected chi connectivity index (χ1v) is 8.06. The lowest BCUT2D eigenvalue weighted by Gasteiger charge is -2.31. The van der Waals surface area contributed by atoms with Gasteiger partial charge >= 0.3 is 5.97 Å². The molecule has 1 fully saturated rings. The van der Waals surface area contributed by atoms with Crippen LogP contribution in [0.4, 0.5) is 0 Å². The van der Waals surface area contributed by atoms with E-state index in [9.17, 15) is 9.59 Å². The van der Waals surface area contributed by atoms with Crippen LogP contribution >= 0.6 is 0 Å². The van der Waals surface area contributed by atoms with Crippen LogP contribution < -0.4 is 0 Å². The number of hydrogen-bond donors (Lipinski definition) is 0. The van der Waals surface area contributed by atoms with Gasteiger partial charge in [0, 0.05) is 38.3 Å². The Morgan fingerprint density at radius 1 is 1.12 bits per heavy atom. The fourth-order valence-electron chi connectivity index (χ4n) is 2.29. The third-order valence-electron chi connectivity index (χ3n) is 3.68. The molecule has 1 amide bonds. The van der Waals surface area contributed by atoms with Crippen LogP contribution in [0.25, 0.3) is 12.2 Å². The average molecular weight is 329 g/mol. The number of hydrogen-bond acceptors (Lipinski definition) is 5. The van der Waals surface area contributed by atoms with Gasteiger partial charge in [0.05, 0.1) is 18.0 Å². The zero-order valence-corrected chi connectivity index (χ0v) is 14.1. The van der Waals surface area contributed by atoms with Gasteiger partial charge in [-0.2, -0.15) is 0 Å². The fourth-order valence-corrected chi connectivity index (χ4v) is 2.29. The van der Waals surface area contributed by atoms with E-state index in [-0.39, 0.29) is 5.91 Å². The van der Waals surface area contributed by atoms with E-state index in [1.165, 1.54) is 6.08 Å². The number of rotatable bonds is 5. The molecule has 128 valence electrons. The average Bonchev–Trinajstić information content (AvgIpc) is 2.59. The highest BCUT2D eigenvalue weighted by Crippen LogP contribution is 2.06. The van der Waals surface area contributed by atoms with Crippen molar-refractivity contribution in [2.24, 2.45) is 0 Å². The van der Waals surface area contributed by atoms with Gasteiger partial charge in [-0.3, -0.25) is 4.79 Å². The molecule has 0 spiro atoms. The topological polar surface area (TPSA) is 62.7 Å². The molecule has 1 aromatic heterocycles. The largest absolute Gasteiger partial charge is 0.463 e. The van der Waals surface area contributed by atoms with Crippen molar-refractivity contribution in [3.8, 4) is 0 Å². The summed E-state index contributed by atoms with van der Waals surface area (Å²) >= 11 is 0. The van der Waals surface area contributed by atoms with E-state index >= 15 is 0 Å². The summed E-state index contributed by atoms with van der Waals surface area (Å²) in [5.41, 5.74) is 1.31. The SMILES string of the molecule is CCOC(=O)C=Cc1cccc(C=CC(=O)N2CCN(C)CC2)n1. The molecule has 2 heterocycles. The van der Waals surface area contributed by atoms with Crippen LogP contribution in [0.15, 0.2) is 30.4 Å². The van der Waals surface area contributed by atoms with Crippen LogP contribution in [-0.4, -0.2) is 66.5 Å². The van der Waals surface area contributed by atoms with Crippen LogP contribution in [-0.2, 0) is 14.3 Å². The summed E-state index contributed by atoms with van der Waals surface area (Å²) in [6.07, 6.45) is 6.18. The van der Waals surface area contributed by atoms with Crippen molar-refractivity contribution in [3.05, 3.63) is 41.7 Å². The van der Waals surface area contributed by atoms with E-state index < -0.39 is 5.97 Å². The quantitative estimate of drug-likeness (QED) is 0.604. The number of nitrogens with zero attached hydrogens (tertiary/aromatic N) is 3. The predicted octanol–water partition coefficient (Wildman–Crippen LogP) is 1.45. The molecule has 1 saturated heterocycles. The number of aromatic nitrogens is 1. The zero-order valence-electron chi connectivity index (χ0n) is 14.1. The first kappa shape index (κ1) is 17.9. The number of carbonyl (C=O) groups excluding carboxylic acids is 2. The van der Waals surface area contributed by atoms with Crippen LogP contribution in [0.5, 0.6) is 0 Å². The van der Waals surface area contributed by atoms with Crippen LogP contribution in [0.3, 0.4) is 0 Å². The highest BCUT2D eigenvalue weighted by atomic mass is 16.5. The third-order valence-corrected chi connectivity index (χ3v) is 3.68. The lowest BCUT2D eigenvalue weighted by Crippen LogP contribution is -2.46. The van der Waals surface area contributed by atoms with Gasteiger partial charge < -0.3 is 14.5 Å². The minimum absolute atomic E-state index is 0.00244. The van der Waals surface area contributed by atoms with Gasteiger partial charge in [0.25, 0.3) is 0 Å². The number of esters is 1. The monoisotopic (exact) mass is 329 g/mol. The van der Waals surface area contributed by atoms with Crippen LogP contribution in [0.1, 0.15) is 18.3 Å². The fraction of sp³-hybridized carbons (Fsp3) is 0.389. The van der Waals surface area contributed by atoms with E-state index in [1.54, 1.807) is 31.2 Å². The Morgan fingerprint density at radius 3 is 2.38 bits per heavy atom. The van der Waals surface area contributed by atoms with Crippen molar-refractivity contribution in [2.75, 3.05) is 39.8 Å². The Hall–Kier alpha value is -2.47. The number of piperazine rings is 1. The molecule has 1 aromatic rings. The molecule has 24 heavy (non-hydrogen) atoms. The number of ether oxygens (including phenoxy) is 1. The Kier molecular flexibility index (Phi) is 6.69. The Bertz CT molecular complexity index is 632. The molecule has 6 nitrogen and oxygen atoms in total. The van der Waals surface area contributed by atoms with Crippen molar-refractivity contribution in [1.29, 1.82) is 0 Å². The molecule has 1 aliphatic heterocycles. The van der Waals surface area contributed by atoms with E-state index in [1.807, 2.05) is 17.0 Å². The minimum Gasteiger partial charge on any atom is -0.463 e. The van der Waals surface area contributed by atoms with Crippen LogP contribution in [0.2, 0.25) is 0 Å². The molecule has 0 saturated carbocycles. The second-order valence-electron chi connectivity index (χ2n) is 5.53. The molecule has 0 aromatic carbocycles. The summed E-state index contributed by atoms with van der Waals surface area (Å²) in [4.78, 5) is 31.9. The summed E-state index contributed by atoms with van der Waals surface area (Å²) in [6, 6.07) is 5.43. The molecule has 0 bridgehead atoms. The maximum atomic E-state index is 12.2. The molecule has 0 N–H and O–H groups in total. The van der Waals surface area contributed by atoms with E-state index in [0.717, 1.165) is 26.2 Å². The highest BCUT2D eigenvalue weighted by molar-refractivity contribution is 5.91. The normalized spacial score (nSPS) is 16.0. The summed E-state index contributed by atoms with van der Waals surface area (Å²) in [5.74, 6) is -0.400. The van der Waals surface area contributed by atoms with E-state index in [2.05, 4.69) is 16.9 Å². The maximum Gasteiger partial charge on any atom is 0.330 e. The lowest BCUT2D eigenvalue weighted by atomic mass is 10.2. The first-order valence-electron chi connectivity index (χ1n) is 8.06. The molecule has 0 atom stereocenters. The van der Waals surface area contributed by atoms with Crippen molar-refractivity contribution < 1.29 is 14.3 Å². The number of carbonyl (C=O) groups is 2. The molecule has 0 radical (unpaired) electrons. The van der Waals surface area contributed by atoms with Gasteiger partial charge in [0.2, 0.25) is 5.91 Å². The summed E-state index contributed by atoms with van der Waals surface area (Å²) in [5, 5.41) is 0. The minimum atomic E-state index is -0.398. The molecule has 0 unspecified atom stereocenters. The van der Waals surface area contributed by atoms with Gasteiger partial charge in [0.15, 0.2) is 0 Å². The van der Waals surface area contributed by atoms with Gasteiger partial charge in [-0.25, -0.2) is 9.78 Å². The predicted molar refractivity (Wildman–Crippen MR) is 93.0 cm³/mol. The van der Waals surface area contributed by atoms with E-state index in [0.29, 0.717) is 18.0 Å². The summed E-state index contributed by atoms with van der Waals surface area (Å²) in [6.45, 7) is 5.38. The molecule has 2 rings (SSSR count). The number of likely N-dealkylation sites (N-methyl/N-ethyl adjacent to an activating group) is 1. The van der Waals surface area contributed by atoms with Crippen molar-refractivity contribution in [1.82, 2.24) is 14.8 Å². The Balaban J connectivity index is 1.96. The third kappa shape index (κ3) is 5.62. The highest BCUT2D eigenvalue weighted by Gasteiger charge is 2.16. The standard InChI is InChI=1S/C18H23N3O3/c1-3-24-18(23)10-8-16-6-4-5-15(19-16)7-9-17(22)21-13-11-20(2)12-14-21/h4-10H,3,11-14H2,1-2H3. The van der Waals surface area contributed by atoms with Gasteiger partial charge in [-0.05, 0) is 38.3 Å². The second kappa shape index (κ2) is 8.98. The Labute approximate surface area is 142 Å². The van der Waals surface area contributed by atoms with Crippen molar-refractivity contribution in [2.45, 2.75) is 6.92 Å². The van der Waals surface area contributed by atoms with Gasteiger partial charge in [-0.1, -0.05) is 6.07 Å². The summed E-state index contributed by atoms with van der Waals surface area (Å²) in [7, 11) is 2.05. The zero-order chi connectivity index (χ0) is 17.4. The van der Waals surface area contributed by atoms with Crippen LogP contribution in [0, 0.1) is 0 Å². The van der Waals surface area contributed by atoms with Crippen molar-refractivity contribution >= 4 is 24.0 Å². The number of amides is 1. The second-order valence-corrected chi connectivity index (χ2v) is 5.53. The molecule has 6 heteroatoms. The lowest BCUT2D eigenvalue weighted by molar-refractivity contribution is -0.137. The van der Waals surface area contributed by atoms with Crippen molar-refractivity contribution in [3.63, 3.8) is 0 Å². The first-order chi connectivity index (χ1) is 11.6. The number of pyridine rings is 1. The smallest absolute Gasteiger partial charge is 0.330 e.